The second kappa shape index (κ2) is 7.73. The van der Waals surface area contributed by atoms with Crippen molar-refractivity contribution in [1.29, 1.82) is 0 Å². The van der Waals surface area contributed by atoms with Gasteiger partial charge in [-0.15, -0.1) is 0 Å². The maximum Gasteiger partial charge on any atom is 0.240 e. The smallest absolute Gasteiger partial charge is 0.240 e. The molecule has 0 saturated carbocycles. The van der Waals surface area contributed by atoms with E-state index in [9.17, 15) is 9.18 Å². The Morgan fingerprint density at radius 2 is 2.09 bits per heavy atom. The maximum atomic E-state index is 14.2. The third-order valence-electron chi connectivity index (χ3n) is 5.95. The molecule has 1 aliphatic heterocycles. The first-order valence-electron chi connectivity index (χ1n) is 10.5. The Balaban J connectivity index is 1.64. The predicted molar refractivity (Wildman–Crippen MR) is 121 cm³/mol. The molecule has 4 heterocycles. The fourth-order valence-corrected chi connectivity index (χ4v) is 4.23. The molecule has 4 aromatic rings. The number of anilines is 2. The molecule has 3 N–H and O–H groups in total. The van der Waals surface area contributed by atoms with E-state index in [2.05, 4.69) is 32.3 Å². The number of nitrogens with one attached hydrogen (secondary N) is 1. The average Bonchev–Trinajstić information content (AvgIpc) is 3.37. The molecular weight excluding hydrogens is 447 g/mol. The Kier molecular flexibility index (Phi) is 4.97. The first-order valence-corrected chi connectivity index (χ1v) is 10.8. The normalized spacial score (nSPS) is 17.4. The van der Waals surface area contributed by atoms with Crippen LogP contribution in [0, 0.1) is 5.82 Å². The Bertz CT molecular complexity index is 1420. The van der Waals surface area contributed by atoms with Crippen LogP contribution in [-0.4, -0.2) is 35.5 Å². The van der Waals surface area contributed by atoms with E-state index in [-0.39, 0.29) is 28.4 Å². The lowest BCUT2D eigenvalue weighted by Crippen LogP contribution is -2.33. The lowest BCUT2D eigenvalue weighted by atomic mass is 9.77. The average molecular weight is 467 g/mol. The fourth-order valence-electron chi connectivity index (χ4n) is 4.12. The number of benzene rings is 1. The monoisotopic (exact) mass is 466 g/mol. The van der Waals surface area contributed by atoms with Gasteiger partial charge >= 0.3 is 0 Å². The van der Waals surface area contributed by atoms with Gasteiger partial charge in [0.2, 0.25) is 5.91 Å². The molecule has 168 valence electrons. The van der Waals surface area contributed by atoms with E-state index in [4.69, 9.17) is 22.3 Å². The first kappa shape index (κ1) is 21.2. The largest absolute Gasteiger partial charge is 0.383 e. The number of carbonyl (C=O) groups is 1. The van der Waals surface area contributed by atoms with Crippen molar-refractivity contribution in [2.75, 3.05) is 11.1 Å². The van der Waals surface area contributed by atoms with Crippen molar-refractivity contribution in [3.05, 3.63) is 58.4 Å². The fraction of sp³-hybridized carbons (Fsp3) is 0.273. The van der Waals surface area contributed by atoms with Gasteiger partial charge in [-0.25, -0.2) is 28.8 Å². The van der Waals surface area contributed by atoms with Crippen LogP contribution >= 0.6 is 11.6 Å². The molecule has 0 radical (unpaired) electrons. The minimum Gasteiger partial charge on any atom is -0.383 e. The van der Waals surface area contributed by atoms with Crippen molar-refractivity contribution in [2.24, 2.45) is 0 Å². The van der Waals surface area contributed by atoms with Gasteiger partial charge in [-0.2, -0.15) is 5.10 Å². The van der Waals surface area contributed by atoms with E-state index in [1.54, 1.807) is 23.7 Å². The molecule has 3 aromatic heterocycles. The number of nitrogen functional groups attached to an aromatic ring is 1. The molecule has 5 rings (SSSR count). The highest BCUT2D eigenvalue weighted by Gasteiger charge is 2.47. The summed E-state index contributed by atoms with van der Waals surface area (Å²) in [6, 6.07) is 4.22. The molecule has 0 bridgehead atoms. The van der Waals surface area contributed by atoms with Gasteiger partial charge in [0.05, 0.1) is 22.5 Å². The number of halogens is 2. The lowest BCUT2D eigenvalue weighted by Gasteiger charge is -2.23. The minimum atomic E-state index is -1.28. The molecule has 1 aliphatic rings. The predicted octanol–water partition coefficient (Wildman–Crippen LogP) is 3.56. The third-order valence-corrected chi connectivity index (χ3v) is 6.25. The van der Waals surface area contributed by atoms with Gasteiger partial charge in [-0.3, -0.25) is 4.79 Å². The Labute approximate surface area is 193 Å². The van der Waals surface area contributed by atoms with Gasteiger partial charge in [0.15, 0.2) is 11.5 Å². The van der Waals surface area contributed by atoms with E-state index in [0.29, 0.717) is 22.5 Å². The quantitative estimate of drug-likeness (QED) is 0.460. The molecular formula is C22H20ClFN8O. The summed E-state index contributed by atoms with van der Waals surface area (Å²) in [5.41, 5.74) is 7.74. The second-order valence-electron chi connectivity index (χ2n) is 8.07. The number of nitrogens with two attached hydrogens (primary N) is 1. The number of carbonyl (C=O) groups excluding carboxylic acids is 1. The van der Waals surface area contributed by atoms with E-state index >= 15 is 0 Å². The Morgan fingerprint density at radius 3 is 2.85 bits per heavy atom. The summed E-state index contributed by atoms with van der Waals surface area (Å²) in [5.74, 6) is -0.413. The SMILES string of the molecule is CCCCc1nc(-c2nc(N)c3c(n2)NC(=O)C3(C)c2ccc(Cl)c(F)c2)cn2ncnc12. The number of rotatable bonds is 5. The molecule has 11 heteroatoms. The van der Waals surface area contributed by atoms with Gasteiger partial charge in [0.1, 0.15) is 34.9 Å². The summed E-state index contributed by atoms with van der Waals surface area (Å²) in [4.78, 5) is 31.0. The number of hydrogen-bond donors (Lipinski definition) is 2. The van der Waals surface area contributed by atoms with Crippen molar-refractivity contribution in [3.63, 3.8) is 0 Å². The van der Waals surface area contributed by atoms with E-state index in [0.717, 1.165) is 25.0 Å². The number of aromatic nitrogens is 6. The van der Waals surface area contributed by atoms with Gasteiger partial charge in [0, 0.05) is 0 Å². The van der Waals surface area contributed by atoms with Crippen LogP contribution in [0.15, 0.2) is 30.7 Å². The van der Waals surface area contributed by atoms with Crippen LogP contribution in [0.2, 0.25) is 5.02 Å². The lowest BCUT2D eigenvalue weighted by molar-refractivity contribution is -0.119. The number of unbranched alkanes of at least 4 members (excludes halogenated alkanes) is 1. The molecule has 0 aliphatic carbocycles. The zero-order chi connectivity index (χ0) is 23.3. The van der Waals surface area contributed by atoms with Crippen molar-refractivity contribution < 1.29 is 9.18 Å². The van der Waals surface area contributed by atoms with Crippen molar-refractivity contribution in [1.82, 2.24) is 29.5 Å². The topological polar surface area (TPSA) is 124 Å². The van der Waals surface area contributed by atoms with Gasteiger partial charge in [-0.05, 0) is 37.5 Å². The van der Waals surface area contributed by atoms with Crippen LogP contribution in [0.25, 0.3) is 17.2 Å². The van der Waals surface area contributed by atoms with E-state index in [1.165, 1.54) is 18.5 Å². The number of hydrogen-bond acceptors (Lipinski definition) is 7. The molecule has 0 spiro atoms. The summed E-state index contributed by atoms with van der Waals surface area (Å²) in [6.07, 6.45) is 5.81. The molecule has 1 atom stereocenters. The number of aryl methyl sites for hydroxylation is 1. The van der Waals surface area contributed by atoms with Crippen LogP contribution in [0.3, 0.4) is 0 Å². The number of fused-ring (bicyclic) bond motifs is 2. The Hall–Kier alpha value is -3.66. The highest BCUT2D eigenvalue weighted by molar-refractivity contribution is 6.30. The van der Waals surface area contributed by atoms with E-state index in [1.807, 2.05) is 0 Å². The zero-order valence-corrected chi connectivity index (χ0v) is 18.7. The van der Waals surface area contributed by atoms with Crippen molar-refractivity contribution in [2.45, 2.75) is 38.5 Å². The highest BCUT2D eigenvalue weighted by Crippen LogP contribution is 2.45. The summed E-state index contributed by atoms with van der Waals surface area (Å²) < 4.78 is 15.8. The summed E-state index contributed by atoms with van der Waals surface area (Å²) in [5, 5.41) is 6.95. The van der Waals surface area contributed by atoms with Crippen molar-refractivity contribution in [3.8, 4) is 11.5 Å². The number of amides is 1. The summed E-state index contributed by atoms with van der Waals surface area (Å²) in [6.45, 7) is 3.75. The molecule has 1 amide bonds. The molecule has 1 unspecified atom stereocenters. The Morgan fingerprint density at radius 1 is 1.27 bits per heavy atom. The van der Waals surface area contributed by atoms with E-state index < -0.39 is 11.2 Å². The number of nitrogens with zero attached hydrogens (tertiary/aromatic N) is 6. The summed E-state index contributed by atoms with van der Waals surface area (Å²) >= 11 is 5.82. The molecule has 33 heavy (non-hydrogen) atoms. The van der Waals surface area contributed by atoms with Crippen LogP contribution in [0.4, 0.5) is 16.0 Å². The summed E-state index contributed by atoms with van der Waals surface area (Å²) in [7, 11) is 0. The van der Waals surface area contributed by atoms with Gasteiger partial charge in [-0.1, -0.05) is 31.0 Å². The van der Waals surface area contributed by atoms with Crippen molar-refractivity contribution >= 4 is 34.8 Å². The molecule has 9 nitrogen and oxygen atoms in total. The van der Waals surface area contributed by atoms with Gasteiger partial charge < -0.3 is 11.1 Å². The minimum absolute atomic E-state index is 0.0333. The van der Waals surface area contributed by atoms with Crippen LogP contribution in [0.5, 0.6) is 0 Å². The highest BCUT2D eigenvalue weighted by atomic mass is 35.5. The van der Waals surface area contributed by atoms with Crippen LogP contribution < -0.4 is 11.1 Å². The third kappa shape index (κ3) is 3.29. The van der Waals surface area contributed by atoms with Crippen LogP contribution in [-0.2, 0) is 16.6 Å². The molecule has 0 saturated heterocycles. The maximum absolute atomic E-state index is 14.2. The van der Waals surface area contributed by atoms with Gasteiger partial charge in [0.25, 0.3) is 0 Å². The standard InChI is InChI=1S/C22H20ClFN8O/c1-3-4-5-14-20-26-10-27-32(20)9-15(28-14)18-29-17(25)16-19(30-18)31-21(33)22(16,2)11-6-7-12(23)13(24)8-11/h6-10H,3-5H2,1-2H3,(H3,25,29,30,31,33). The first-order chi connectivity index (χ1) is 15.8. The molecule has 0 fully saturated rings. The molecule has 1 aromatic carbocycles. The zero-order valence-electron chi connectivity index (χ0n) is 17.9. The second-order valence-corrected chi connectivity index (χ2v) is 8.48. The van der Waals surface area contributed by atoms with Crippen LogP contribution in [0.1, 0.15) is 43.5 Å².